The summed E-state index contributed by atoms with van der Waals surface area (Å²) in [4.78, 5) is 12.1. The predicted octanol–water partition coefficient (Wildman–Crippen LogP) is 6.00. The monoisotopic (exact) mass is 446 g/mol. The van der Waals surface area contributed by atoms with Crippen LogP contribution in [0.2, 0.25) is 0 Å². The van der Waals surface area contributed by atoms with Gasteiger partial charge in [-0.05, 0) is 55.8 Å². The zero-order valence-electron chi connectivity index (χ0n) is 16.4. The van der Waals surface area contributed by atoms with Gasteiger partial charge < -0.3 is 24.4 Å². The lowest BCUT2D eigenvalue weighted by molar-refractivity contribution is -0.274. The average Bonchev–Trinajstić information content (AvgIpc) is 2.64. The third-order valence-electron chi connectivity index (χ3n) is 3.59. The number of nitrogens with one attached hydrogen (secondary N) is 2. The topological polar surface area (TPSA) is 85.9 Å². The van der Waals surface area contributed by atoms with E-state index in [9.17, 15) is 22.5 Å². The van der Waals surface area contributed by atoms with Crippen molar-refractivity contribution in [3.05, 3.63) is 54.1 Å². The smallest absolute Gasteiger partial charge is 0.406 e. The molecule has 0 radical (unpaired) electrons. The number of carbonyl (C=O) groups is 1. The van der Waals surface area contributed by atoms with E-state index >= 15 is 0 Å². The largest absolute Gasteiger partial charge is 0.573 e. The van der Waals surface area contributed by atoms with Crippen LogP contribution in [0.25, 0.3) is 0 Å². The van der Waals surface area contributed by atoms with Gasteiger partial charge >= 0.3 is 20.0 Å². The number of halogens is 3. The Kier molecular flexibility index (Phi) is 8.28. The molecule has 2 aromatic carbocycles. The molecule has 0 aromatic heterocycles. The molecule has 30 heavy (non-hydrogen) atoms. The summed E-state index contributed by atoms with van der Waals surface area (Å²) in [7, 11) is -3.23. The summed E-state index contributed by atoms with van der Waals surface area (Å²) < 4.78 is 63.3. The first-order valence-electron chi connectivity index (χ1n) is 9.03. The number of alkyl halides is 3. The Labute approximate surface area is 172 Å². The molecule has 0 bridgehead atoms. The molecular weight excluding hydrogens is 424 g/mol. The second-order valence-electron chi connectivity index (χ2n) is 5.95. The lowest BCUT2D eigenvalue weighted by atomic mass is 10.2. The highest BCUT2D eigenvalue weighted by molar-refractivity contribution is 7.53. The van der Waals surface area contributed by atoms with Crippen LogP contribution in [-0.2, 0) is 19.8 Å². The predicted molar refractivity (Wildman–Crippen MR) is 107 cm³/mol. The van der Waals surface area contributed by atoms with Crippen molar-refractivity contribution in [1.29, 1.82) is 0 Å². The van der Waals surface area contributed by atoms with Gasteiger partial charge in [0.15, 0.2) is 0 Å². The Morgan fingerprint density at radius 2 is 1.37 bits per heavy atom. The second kappa shape index (κ2) is 10.5. The molecule has 2 N–H and O–H groups in total. The van der Waals surface area contributed by atoms with E-state index in [1.807, 2.05) is 0 Å². The van der Waals surface area contributed by atoms with Gasteiger partial charge in [-0.25, -0.2) is 4.79 Å². The maximum Gasteiger partial charge on any atom is 0.573 e. The van der Waals surface area contributed by atoms with E-state index in [4.69, 9.17) is 9.05 Å². The number of amides is 2. The summed E-state index contributed by atoms with van der Waals surface area (Å²) in [6, 6.07) is 10.8. The van der Waals surface area contributed by atoms with Crippen molar-refractivity contribution in [2.45, 2.75) is 26.4 Å². The molecule has 0 atom stereocenters. The maximum absolute atomic E-state index is 12.6. The van der Waals surface area contributed by atoms with Crippen molar-refractivity contribution in [2.75, 3.05) is 23.8 Å². The molecule has 0 fully saturated rings. The Morgan fingerprint density at radius 1 is 0.900 bits per heavy atom. The van der Waals surface area contributed by atoms with Gasteiger partial charge in [-0.1, -0.05) is 12.1 Å². The third kappa shape index (κ3) is 8.06. The van der Waals surface area contributed by atoms with Crippen molar-refractivity contribution in [2.24, 2.45) is 0 Å². The molecule has 0 aliphatic rings. The van der Waals surface area contributed by atoms with E-state index in [0.717, 1.165) is 12.1 Å². The highest BCUT2D eigenvalue weighted by Crippen LogP contribution is 2.51. The summed E-state index contributed by atoms with van der Waals surface area (Å²) in [6.07, 6.45) is -4.68. The fourth-order valence-corrected chi connectivity index (χ4v) is 4.17. The minimum atomic E-state index is -4.78. The van der Waals surface area contributed by atoms with Gasteiger partial charge in [0.2, 0.25) is 0 Å². The van der Waals surface area contributed by atoms with Crippen LogP contribution in [0.15, 0.2) is 48.5 Å². The standard InChI is InChI=1S/C19H22F3N2O5P/c1-3-27-30(26,28-4-2)13-14-5-7-15(8-6-14)23-18(25)24-16-9-11-17(12-10-16)29-19(20,21)22/h5-12H,3-4,13H2,1-2H3,(H2,23,24,25). The van der Waals surface area contributed by atoms with E-state index < -0.39 is 20.0 Å². The molecule has 0 aliphatic heterocycles. The van der Waals surface area contributed by atoms with E-state index in [1.54, 1.807) is 38.1 Å². The average molecular weight is 446 g/mol. The number of hydrogen-bond acceptors (Lipinski definition) is 5. The fourth-order valence-electron chi connectivity index (χ4n) is 2.47. The number of hydrogen-bond donors (Lipinski definition) is 2. The minimum Gasteiger partial charge on any atom is -0.406 e. The van der Waals surface area contributed by atoms with Gasteiger partial charge in [0.05, 0.1) is 19.4 Å². The van der Waals surface area contributed by atoms with Gasteiger partial charge in [0.1, 0.15) is 5.75 Å². The Hall–Kier alpha value is -2.55. The molecule has 0 spiro atoms. The molecule has 11 heteroatoms. The van der Waals surface area contributed by atoms with E-state index in [2.05, 4.69) is 15.4 Å². The number of carbonyl (C=O) groups excluding carboxylic acids is 1. The number of benzene rings is 2. The van der Waals surface area contributed by atoms with E-state index in [0.29, 0.717) is 11.3 Å². The molecule has 0 unspecified atom stereocenters. The summed E-state index contributed by atoms with van der Waals surface area (Å²) in [5.41, 5.74) is 1.47. The number of ether oxygens (including phenoxy) is 1. The number of urea groups is 1. The van der Waals surface area contributed by atoms with Crippen LogP contribution in [0, 0.1) is 0 Å². The Bertz CT molecular complexity index is 863. The zero-order valence-corrected chi connectivity index (χ0v) is 17.3. The quantitative estimate of drug-likeness (QED) is 0.462. The van der Waals surface area contributed by atoms with Gasteiger partial charge in [-0.3, -0.25) is 4.57 Å². The first-order valence-corrected chi connectivity index (χ1v) is 10.8. The van der Waals surface area contributed by atoms with Crippen molar-refractivity contribution in [1.82, 2.24) is 0 Å². The van der Waals surface area contributed by atoms with E-state index in [1.165, 1.54) is 12.1 Å². The van der Waals surface area contributed by atoms with E-state index in [-0.39, 0.29) is 30.8 Å². The molecule has 0 saturated heterocycles. The van der Waals surface area contributed by atoms with Crippen LogP contribution in [0.1, 0.15) is 19.4 Å². The van der Waals surface area contributed by atoms with Crippen molar-refractivity contribution < 1.29 is 36.3 Å². The van der Waals surface area contributed by atoms with Crippen LogP contribution in [-0.4, -0.2) is 25.6 Å². The summed E-state index contributed by atoms with van der Waals surface area (Å²) in [6.45, 7) is 3.99. The molecule has 0 heterocycles. The van der Waals surface area contributed by atoms with Gasteiger partial charge in [-0.2, -0.15) is 0 Å². The molecule has 0 aliphatic carbocycles. The first kappa shape index (κ1) is 23.7. The van der Waals surface area contributed by atoms with Crippen LogP contribution >= 0.6 is 7.60 Å². The highest BCUT2D eigenvalue weighted by atomic mass is 31.2. The van der Waals surface area contributed by atoms with Crippen LogP contribution in [0.3, 0.4) is 0 Å². The minimum absolute atomic E-state index is 0.105. The maximum atomic E-state index is 12.6. The van der Waals surface area contributed by atoms with Gasteiger partial charge in [0, 0.05) is 11.4 Å². The molecule has 2 aromatic rings. The van der Waals surface area contributed by atoms with Gasteiger partial charge in [0.25, 0.3) is 0 Å². The van der Waals surface area contributed by atoms with Crippen molar-refractivity contribution in [3.8, 4) is 5.75 Å². The summed E-state index contributed by atoms with van der Waals surface area (Å²) in [5, 5.41) is 5.09. The highest BCUT2D eigenvalue weighted by Gasteiger charge is 2.31. The normalized spacial score (nSPS) is 11.8. The van der Waals surface area contributed by atoms with Crippen LogP contribution < -0.4 is 15.4 Å². The number of anilines is 2. The second-order valence-corrected chi connectivity index (χ2v) is 8.01. The molecule has 2 amide bonds. The lowest BCUT2D eigenvalue weighted by Gasteiger charge is -2.17. The molecular formula is C19H22F3N2O5P. The van der Waals surface area contributed by atoms with Crippen molar-refractivity contribution in [3.63, 3.8) is 0 Å². The Morgan fingerprint density at radius 3 is 1.80 bits per heavy atom. The first-order chi connectivity index (χ1) is 14.1. The third-order valence-corrected chi connectivity index (χ3v) is 5.64. The van der Waals surface area contributed by atoms with Gasteiger partial charge in [-0.15, -0.1) is 13.2 Å². The SMILES string of the molecule is CCOP(=O)(Cc1ccc(NC(=O)Nc2ccc(OC(F)(F)F)cc2)cc1)OCC. The summed E-state index contributed by atoms with van der Waals surface area (Å²) in [5.74, 6) is -0.388. The van der Waals surface area contributed by atoms with Crippen LogP contribution in [0.4, 0.5) is 29.3 Å². The molecule has 2 rings (SSSR count). The Balaban J connectivity index is 1.92. The molecule has 164 valence electrons. The van der Waals surface area contributed by atoms with Crippen LogP contribution in [0.5, 0.6) is 5.75 Å². The fraction of sp³-hybridized carbons (Fsp3) is 0.316. The lowest BCUT2D eigenvalue weighted by Crippen LogP contribution is -2.19. The molecule has 7 nitrogen and oxygen atoms in total. The number of rotatable bonds is 9. The summed E-state index contributed by atoms with van der Waals surface area (Å²) >= 11 is 0. The zero-order chi connectivity index (χ0) is 22.2. The van der Waals surface area contributed by atoms with Crippen molar-refractivity contribution >= 4 is 25.0 Å². The molecule has 0 saturated carbocycles.